The maximum absolute atomic E-state index is 11.6. The molecule has 0 saturated carbocycles. The van der Waals surface area contributed by atoms with Crippen LogP contribution in [0.15, 0.2) is 51.7 Å². The molecule has 21 heavy (non-hydrogen) atoms. The van der Waals surface area contributed by atoms with E-state index >= 15 is 0 Å². The second-order valence-electron chi connectivity index (χ2n) is 4.22. The third kappa shape index (κ3) is 2.86. The number of hydrogen-bond acceptors (Lipinski definition) is 3. The van der Waals surface area contributed by atoms with E-state index in [1.165, 1.54) is 6.07 Å². The summed E-state index contributed by atoms with van der Waals surface area (Å²) in [4.78, 5) is 11.6. The zero-order valence-electron chi connectivity index (χ0n) is 10.4. The number of para-hydroxylation sites is 1. The molecule has 0 amide bonds. The van der Waals surface area contributed by atoms with Crippen molar-refractivity contribution >= 4 is 45.8 Å². The molecule has 0 aliphatic carbocycles. The molecule has 0 aliphatic rings. The molecule has 3 aromatic rings. The van der Waals surface area contributed by atoms with Crippen molar-refractivity contribution in [3.63, 3.8) is 0 Å². The highest BCUT2D eigenvalue weighted by Gasteiger charge is 2.13. The Kier molecular flexibility index (Phi) is 3.81. The number of hydrogen-bond donors (Lipinski definition) is 0. The third-order valence-electron chi connectivity index (χ3n) is 2.80. The lowest BCUT2D eigenvalue weighted by molar-refractivity contribution is 0.475. The Hall–Kier alpha value is -1.68. The summed E-state index contributed by atoms with van der Waals surface area (Å²) in [6.07, 6.45) is 0. The van der Waals surface area contributed by atoms with Crippen LogP contribution >= 0.6 is 34.8 Å². The van der Waals surface area contributed by atoms with Gasteiger partial charge in [-0.1, -0.05) is 40.9 Å². The van der Waals surface area contributed by atoms with Gasteiger partial charge in [0.15, 0.2) is 5.75 Å². The van der Waals surface area contributed by atoms with E-state index in [4.69, 9.17) is 44.0 Å². The molecular formula is C15H7Cl3O3. The number of fused-ring (bicyclic) bond motifs is 1. The highest BCUT2D eigenvalue weighted by atomic mass is 35.5. The summed E-state index contributed by atoms with van der Waals surface area (Å²) in [5.41, 5.74) is -0.173. The minimum Gasteiger partial charge on any atom is -0.453 e. The predicted molar refractivity (Wildman–Crippen MR) is 84.0 cm³/mol. The smallest absolute Gasteiger partial charge is 0.339 e. The predicted octanol–water partition coefficient (Wildman–Crippen LogP) is 5.55. The lowest BCUT2D eigenvalue weighted by Gasteiger charge is -2.11. The van der Waals surface area contributed by atoms with Crippen LogP contribution in [0.3, 0.4) is 0 Å². The van der Waals surface area contributed by atoms with E-state index in [1.54, 1.807) is 36.4 Å². The molecule has 0 atom stereocenters. The molecule has 0 radical (unpaired) electrons. The monoisotopic (exact) mass is 340 g/mol. The average molecular weight is 342 g/mol. The second kappa shape index (κ2) is 5.60. The van der Waals surface area contributed by atoms with E-state index in [1.807, 2.05) is 0 Å². The van der Waals surface area contributed by atoms with Gasteiger partial charge < -0.3 is 9.15 Å². The van der Waals surface area contributed by atoms with Crippen molar-refractivity contribution in [1.82, 2.24) is 0 Å². The highest BCUT2D eigenvalue weighted by Crippen LogP contribution is 2.38. The van der Waals surface area contributed by atoms with E-state index in [0.29, 0.717) is 26.0 Å². The summed E-state index contributed by atoms with van der Waals surface area (Å²) < 4.78 is 10.8. The Morgan fingerprint density at radius 1 is 0.952 bits per heavy atom. The number of ether oxygens (including phenoxy) is 1. The molecule has 0 spiro atoms. The van der Waals surface area contributed by atoms with Crippen molar-refractivity contribution in [3.05, 3.63) is 68.0 Å². The van der Waals surface area contributed by atoms with Crippen LogP contribution < -0.4 is 10.4 Å². The van der Waals surface area contributed by atoms with Gasteiger partial charge in [-0.25, -0.2) is 4.79 Å². The van der Waals surface area contributed by atoms with Crippen molar-refractivity contribution in [2.75, 3.05) is 0 Å². The summed E-state index contributed by atoms with van der Waals surface area (Å²) in [5.74, 6) is 0.548. The van der Waals surface area contributed by atoms with Gasteiger partial charge in [-0.3, -0.25) is 0 Å². The van der Waals surface area contributed by atoms with Crippen molar-refractivity contribution in [2.24, 2.45) is 0 Å². The van der Waals surface area contributed by atoms with Gasteiger partial charge in [0, 0.05) is 5.02 Å². The summed E-state index contributed by atoms with van der Waals surface area (Å²) in [5, 5.41) is 1.72. The van der Waals surface area contributed by atoms with Crippen LogP contribution in [0.2, 0.25) is 15.1 Å². The van der Waals surface area contributed by atoms with E-state index in [9.17, 15) is 4.79 Å². The van der Waals surface area contributed by atoms with Crippen LogP contribution in [0.1, 0.15) is 0 Å². The summed E-state index contributed by atoms with van der Waals surface area (Å²) in [6, 6.07) is 11.1. The van der Waals surface area contributed by atoms with E-state index in [-0.39, 0.29) is 11.5 Å². The lowest BCUT2D eigenvalue weighted by atomic mass is 10.2. The van der Waals surface area contributed by atoms with Gasteiger partial charge in [-0.2, -0.15) is 0 Å². The maximum atomic E-state index is 11.6. The van der Waals surface area contributed by atoms with Crippen LogP contribution in [-0.4, -0.2) is 0 Å². The van der Waals surface area contributed by atoms with Gasteiger partial charge in [-0.15, -0.1) is 0 Å². The van der Waals surface area contributed by atoms with Crippen LogP contribution in [0.4, 0.5) is 0 Å². The lowest BCUT2D eigenvalue weighted by Crippen LogP contribution is -1.99. The Balaban J connectivity index is 2.20. The van der Waals surface area contributed by atoms with Crippen LogP contribution in [0.5, 0.6) is 11.5 Å². The van der Waals surface area contributed by atoms with Gasteiger partial charge in [0.05, 0.1) is 21.5 Å². The molecule has 3 rings (SSSR count). The van der Waals surface area contributed by atoms with Gasteiger partial charge in [0.2, 0.25) is 0 Å². The maximum Gasteiger partial charge on any atom is 0.339 e. The van der Waals surface area contributed by atoms with Gasteiger partial charge in [-0.05, 0) is 30.3 Å². The summed E-state index contributed by atoms with van der Waals surface area (Å²) in [7, 11) is 0. The molecule has 0 bridgehead atoms. The van der Waals surface area contributed by atoms with Crippen LogP contribution in [0, 0.1) is 0 Å². The normalized spacial score (nSPS) is 10.8. The second-order valence-corrected chi connectivity index (χ2v) is 5.47. The molecule has 106 valence electrons. The van der Waals surface area contributed by atoms with Gasteiger partial charge in [0.25, 0.3) is 0 Å². The molecular weight excluding hydrogens is 335 g/mol. The minimum atomic E-state index is -0.539. The molecule has 0 N–H and O–H groups in total. The molecule has 0 unspecified atom stereocenters. The fraction of sp³-hybridized carbons (Fsp3) is 0. The van der Waals surface area contributed by atoms with E-state index in [0.717, 1.165) is 0 Å². The highest BCUT2D eigenvalue weighted by molar-refractivity contribution is 6.37. The van der Waals surface area contributed by atoms with E-state index in [2.05, 4.69) is 0 Å². The molecule has 6 heteroatoms. The first-order valence-corrected chi connectivity index (χ1v) is 7.03. The zero-order valence-corrected chi connectivity index (χ0v) is 12.7. The largest absolute Gasteiger partial charge is 0.453 e. The third-order valence-corrected chi connectivity index (χ3v) is 3.63. The molecule has 1 aromatic heterocycles. The molecule has 0 aliphatic heterocycles. The Bertz CT molecular complexity index is 867. The Labute approximate surface area is 134 Å². The standard InChI is InChI=1S/C15H7Cl3O3/c16-8-4-5-12-9(6-8)13(7-14(19)20-12)21-15-10(17)2-1-3-11(15)18/h1-7H. The topological polar surface area (TPSA) is 39.4 Å². The molecule has 0 saturated heterocycles. The van der Waals surface area contributed by atoms with Crippen molar-refractivity contribution < 1.29 is 9.15 Å². The van der Waals surface area contributed by atoms with Crippen molar-refractivity contribution in [1.29, 1.82) is 0 Å². The molecule has 1 heterocycles. The van der Waals surface area contributed by atoms with Crippen LogP contribution in [0.25, 0.3) is 11.0 Å². The molecule has 2 aromatic carbocycles. The summed E-state index contributed by atoms with van der Waals surface area (Å²) >= 11 is 18.1. The SMILES string of the molecule is O=c1cc(Oc2c(Cl)cccc2Cl)c2cc(Cl)ccc2o1. The molecule has 0 fully saturated rings. The Morgan fingerprint density at radius 3 is 2.38 bits per heavy atom. The zero-order chi connectivity index (χ0) is 15.0. The van der Waals surface area contributed by atoms with Gasteiger partial charge in [0.1, 0.15) is 11.3 Å². The van der Waals surface area contributed by atoms with Crippen molar-refractivity contribution in [2.45, 2.75) is 0 Å². The Morgan fingerprint density at radius 2 is 1.67 bits per heavy atom. The van der Waals surface area contributed by atoms with E-state index < -0.39 is 5.63 Å². The average Bonchev–Trinajstić information content (AvgIpc) is 2.43. The quantitative estimate of drug-likeness (QED) is 0.574. The first kappa shape index (κ1) is 14.3. The van der Waals surface area contributed by atoms with Gasteiger partial charge >= 0.3 is 5.63 Å². The van der Waals surface area contributed by atoms with Crippen molar-refractivity contribution in [3.8, 4) is 11.5 Å². The number of benzene rings is 2. The number of rotatable bonds is 2. The summed E-state index contributed by atoms with van der Waals surface area (Å²) in [6.45, 7) is 0. The first-order chi connectivity index (χ1) is 10.0. The first-order valence-electron chi connectivity index (χ1n) is 5.90. The number of halogens is 3. The fourth-order valence-corrected chi connectivity index (χ4v) is 2.53. The molecule has 3 nitrogen and oxygen atoms in total. The fourth-order valence-electron chi connectivity index (χ4n) is 1.88. The van der Waals surface area contributed by atoms with Crippen LogP contribution in [-0.2, 0) is 0 Å². The minimum absolute atomic E-state index is 0.271.